The van der Waals surface area contributed by atoms with Gasteiger partial charge in [-0.2, -0.15) is 0 Å². The summed E-state index contributed by atoms with van der Waals surface area (Å²) in [5, 5.41) is 0. The van der Waals surface area contributed by atoms with E-state index in [1.165, 1.54) is 11.3 Å². The van der Waals surface area contributed by atoms with Gasteiger partial charge in [-0.25, -0.2) is 4.99 Å². The third kappa shape index (κ3) is 4.53. The van der Waals surface area contributed by atoms with Crippen molar-refractivity contribution in [3.63, 3.8) is 0 Å². The van der Waals surface area contributed by atoms with Crippen LogP contribution in [0.4, 0.5) is 0 Å². The summed E-state index contributed by atoms with van der Waals surface area (Å²) < 4.78 is 13.3. The maximum absolute atomic E-state index is 13.8. The van der Waals surface area contributed by atoms with Gasteiger partial charge in [-0.05, 0) is 50.6 Å². The topological polar surface area (TPSA) is 73.1 Å². The molecular formula is C27H29N3O4S. The van der Waals surface area contributed by atoms with Gasteiger partial charge in [0.25, 0.3) is 11.5 Å². The minimum absolute atomic E-state index is 0.150. The van der Waals surface area contributed by atoms with E-state index in [0.717, 1.165) is 5.56 Å². The van der Waals surface area contributed by atoms with Crippen LogP contribution in [0.2, 0.25) is 0 Å². The molecule has 1 aromatic heterocycles. The predicted octanol–water partition coefficient (Wildman–Crippen LogP) is 3.12. The highest BCUT2D eigenvalue weighted by Gasteiger charge is 2.36. The molecule has 0 saturated heterocycles. The lowest BCUT2D eigenvalue weighted by atomic mass is 9.93. The molecule has 7 nitrogen and oxygen atoms in total. The van der Waals surface area contributed by atoms with Crippen molar-refractivity contribution < 1.29 is 14.3 Å². The molecule has 4 rings (SSSR count). The SMILES string of the molecule is CCN(CC)C(=O)C1=C(C)N=c2s/c(=C/c3ccccc3)c(=O)n2[C@H]1c1cc(OC)ccc1OC. The molecule has 182 valence electrons. The largest absolute Gasteiger partial charge is 0.497 e. The van der Waals surface area contributed by atoms with Gasteiger partial charge >= 0.3 is 0 Å². The Bertz CT molecular complexity index is 1450. The fourth-order valence-electron chi connectivity index (χ4n) is 4.32. The average Bonchev–Trinajstić information content (AvgIpc) is 3.18. The molecule has 0 saturated carbocycles. The zero-order valence-electron chi connectivity index (χ0n) is 20.6. The number of aromatic nitrogens is 1. The molecule has 0 bridgehead atoms. The lowest BCUT2D eigenvalue weighted by Gasteiger charge is -2.30. The Labute approximate surface area is 208 Å². The van der Waals surface area contributed by atoms with Crippen molar-refractivity contribution in [1.29, 1.82) is 0 Å². The highest BCUT2D eigenvalue weighted by atomic mass is 32.1. The van der Waals surface area contributed by atoms with Gasteiger partial charge in [0.05, 0.1) is 30.0 Å². The van der Waals surface area contributed by atoms with Gasteiger partial charge in [0.2, 0.25) is 0 Å². The molecule has 0 radical (unpaired) electrons. The van der Waals surface area contributed by atoms with Crippen molar-refractivity contribution in [3.05, 3.63) is 90.6 Å². The Morgan fingerprint density at radius 1 is 1.11 bits per heavy atom. The molecule has 1 amide bonds. The van der Waals surface area contributed by atoms with E-state index < -0.39 is 6.04 Å². The standard InChI is InChI=1S/C27H29N3O4S/c1-6-29(7-2)26(32)23-17(3)28-27-30(24(23)20-16-19(33-4)13-14-21(20)34-5)25(31)22(35-27)15-18-11-9-8-10-12-18/h8-16,24H,6-7H2,1-5H3/b22-15+/t24-/m0/s1. The smallest absolute Gasteiger partial charge is 0.271 e. The van der Waals surface area contributed by atoms with Crippen LogP contribution in [0.15, 0.2) is 69.6 Å². The number of hydrogen-bond donors (Lipinski definition) is 0. The summed E-state index contributed by atoms with van der Waals surface area (Å²) in [5.41, 5.74) is 2.43. The van der Waals surface area contributed by atoms with Crippen molar-refractivity contribution in [2.75, 3.05) is 27.3 Å². The summed E-state index contributed by atoms with van der Waals surface area (Å²) in [4.78, 5) is 34.5. The number of nitrogens with zero attached hydrogens (tertiary/aromatic N) is 3. The molecule has 0 N–H and O–H groups in total. The summed E-state index contributed by atoms with van der Waals surface area (Å²) in [6.45, 7) is 6.80. The van der Waals surface area contributed by atoms with Crippen LogP contribution in [0.5, 0.6) is 11.5 Å². The van der Waals surface area contributed by atoms with Crippen molar-refractivity contribution in [2.24, 2.45) is 4.99 Å². The van der Waals surface area contributed by atoms with Gasteiger partial charge in [0.1, 0.15) is 17.5 Å². The first-order valence-corrected chi connectivity index (χ1v) is 12.3. The number of fused-ring (bicyclic) bond motifs is 1. The van der Waals surface area contributed by atoms with E-state index in [1.807, 2.05) is 63.2 Å². The van der Waals surface area contributed by atoms with Crippen LogP contribution in [0.25, 0.3) is 6.08 Å². The zero-order chi connectivity index (χ0) is 25.1. The van der Waals surface area contributed by atoms with Crippen molar-refractivity contribution in [2.45, 2.75) is 26.8 Å². The van der Waals surface area contributed by atoms with Gasteiger partial charge in [0, 0.05) is 18.7 Å². The van der Waals surface area contributed by atoms with Crippen LogP contribution in [0, 0.1) is 0 Å². The molecule has 1 aliphatic heterocycles. The van der Waals surface area contributed by atoms with Crippen molar-refractivity contribution in [3.8, 4) is 11.5 Å². The lowest BCUT2D eigenvalue weighted by Crippen LogP contribution is -2.43. The van der Waals surface area contributed by atoms with Crippen molar-refractivity contribution in [1.82, 2.24) is 9.47 Å². The van der Waals surface area contributed by atoms with Crippen LogP contribution in [0.1, 0.15) is 37.9 Å². The predicted molar refractivity (Wildman–Crippen MR) is 138 cm³/mol. The van der Waals surface area contributed by atoms with E-state index in [1.54, 1.807) is 35.8 Å². The monoisotopic (exact) mass is 491 g/mol. The number of ether oxygens (including phenoxy) is 2. The van der Waals surface area contributed by atoms with Crippen LogP contribution < -0.4 is 24.4 Å². The van der Waals surface area contributed by atoms with Crippen LogP contribution >= 0.6 is 11.3 Å². The number of allylic oxidation sites excluding steroid dienone is 1. The molecule has 1 atom stereocenters. The fourth-order valence-corrected chi connectivity index (χ4v) is 5.37. The van der Waals surface area contributed by atoms with Crippen LogP contribution in [0.3, 0.4) is 0 Å². The van der Waals surface area contributed by atoms with E-state index in [4.69, 9.17) is 14.5 Å². The zero-order valence-corrected chi connectivity index (χ0v) is 21.4. The number of thiazole rings is 1. The molecule has 0 aliphatic carbocycles. The Balaban J connectivity index is 2.03. The number of hydrogen-bond acceptors (Lipinski definition) is 6. The third-order valence-electron chi connectivity index (χ3n) is 6.13. The molecule has 3 aromatic rings. The normalized spacial score (nSPS) is 15.5. The van der Waals surface area contributed by atoms with E-state index >= 15 is 0 Å². The second kappa shape index (κ2) is 10.3. The summed E-state index contributed by atoms with van der Waals surface area (Å²) in [6.07, 6.45) is 1.86. The quantitative estimate of drug-likeness (QED) is 0.509. The molecule has 0 spiro atoms. The van der Waals surface area contributed by atoms with E-state index in [9.17, 15) is 9.59 Å². The highest BCUT2D eigenvalue weighted by Crippen LogP contribution is 2.38. The minimum Gasteiger partial charge on any atom is -0.497 e. The average molecular weight is 492 g/mol. The summed E-state index contributed by atoms with van der Waals surface area (Å²) >= 11 is 1.31. The van der Waals surface area contributed by atoms with E-state index in [0.29, 0.717) is 50.8 Å². The molecule has 0 unspecified atom stereocenters. The number of benzene rings is 2. The first-order chi connectivity index (χ1) is 16.9. The van der Waals surface area contributed by atoms with Gasteiger partial charge in [-0.15, -0.1) is 0 Å². The fraction of sp³-hybridized carbons (Fsp3) is 0.296. The van der Waals surface area contributed by atoms with Crippen molar-refractivity contribution >= 4 is 23.3 Å². The molecule has 0 fully saturated rings. The Kier molecular flexibility index (Phi) is 7.21. The van der Waals surface area contributed by atoms with Gasteiger partial charge in [-0.3, -0.25) is 14.2 Å². The Morgan fingerprint density at radius 2 is 1.83 bits per heavy atom. The number of amides is 1. The second-order valence-electron chi connectivity index (χ2n) is 8.08. The maximum atomic E-state index is 13.8. The number of methoxy groups -OCH3 is 2. The molecule has 2 heterocycles. The summed E-state index contributed by atoms with van der Waals surface area (Å²) in [5.74, 6) is 1.02. The first kappa shape index (κ1) is 24.5. The van der Waals surface area contributed by atoms with Gasteiger partial charge in [0.15, 0.2) is 4.80 Å². The van der Waals surface area contributed by atoms with Crippen LogP contribution in [-0.4, -0.2) is 42.7 Å². The maximum Gasteiger partial charge on any atom is 0.271 e. The molecule has 1 aliphatic rings. The first-order valence-electron chi connectivity index (χ1n) is 11.5. The molecule has 8 heteroatoms. The second-order valence-corrected chi connectivity index (χ2v) is 9.09. The Morgan fingerprint density at radius 3 is 2.46 bits per heavy atom. The number of carbonyl (C=O) groups excluding carboxylic acids is 1. The molecule has 2 aromatic carbocycles. The van der Waals surface area contributed by atoms with Gasteiger partial charge < -0.3 is 14.4 Å². The molecular weight excluding hydrogens is 462 g/mol. The number of carbonyl (C=O) groups is 1. The number of likely N-dealkylation sites (N-methyl/N-ethyl adjacent to an activating group) is 1. The van der Waals surface area contributed by atoms with E-state index in [-0.39, 0.29) is 11.5 Å². The molecule has 35 heavy (non-hydrogen) atoms. The number of rotatable bonds is 7. The Hall–Kier alpha value is -3.65. The van der Waals surface area contributed by atoms with Gasteiger partial charge in [-0.1, -0.05) is 41.7 Å². The summed E-state index contributed by atoms with van der Waals surface area (Å²) in [7, 11) is 3.16. The minimum atomic E-state index is -0.706. The lowest BCUT2D eigenvalue weighted by molar-refractivity contribution is -0.127. The highest BCUT2D eigenvalue weighted by molar-refractivity contribution is 7.07. The summed E-state index contributed by atoms with van der Waals surface area (Å²) in [6, 6.07) is 14.4. The van der Waals surface area contributed by atoms with E-state index in [2.05, 4.69) is 0 Å². The van der Waals surface area contributed by atoms with Crippen LogP contribution in [-0.2, 0) is 4.79 Å². The third-order valence-corrected chi connectivity index (χ3v) is 7.11.